The van der Waals surface area contributed by atoms with E-state index < -0.39 is 0 Å². The van der Waals surface area contributed by atoms with Gasteiger partial charge in [0.05, 0.1) is 11.1 Å². The molecule has 1 aliphatic rings. The van der Waals surface area contributed by atoms with Gasteiger partial charge in [0.15, 0.2) is 0 Å². The first-order valence-electron chi connectivity index (χ1n) is 9.15. The van der Waals surface area contributed by atoms with Crippen molar-refractivity contribution in [1.82, 2.24) is 20.4 Å². The number of aromatic nitrogens is 3. The Kier molecular flexibility index (Phi) is 5.25. The summed E-state index contributed by atoms with van der Waals surface area (Å²) in [4.78, 5) is 20.5. The van der Waals surface area contributed by atoms with E-state index in [0.29, 0.717) is 16.9 Å². The van der Waals surface area contributed by atoms with Crippen LogP contribution in [0.1, 0.15) is 38.6 Å². The predicted molar refractivity (Wildman–Crippen MR) is 105 cm³/mol. The molecule has 0 aliphatic heterocycles. The third kappa shape index (κ3) is 4.66. The van der Waals surface area contributed by atoms with Gasteiger partial charge in [0.2, 0.25) is 17.6 Å². The Balaban J connectivity index is 1.41. The summed E-state index contributed by atoms with van der Waals surface area (Å²) in [7, 11) is 0. The summed E-state index contributed by atoms with van der Waals surface area (Å²) in [6.45, 7) is 4.23. The van der Waals surface area contributed by atoms with E-state index in [-0.39, 0.29) is 11.9 Å². The van der Waals surface area contributed by atoms with Crippen LogP contribution < -0.4 is 15.4 Å². The van der Waals surface area contributed by atoms with E-state index in [1.165, 1.54) is 31.1 Å². The number of carbonyl (C=O) groups is 1. The van der Waals surface area contributed by atoms with Crippen LogP contribution in [0.2, 0.25) is 0 Å². The molecular formula is C19H21N5O3S. The Morgan fingerprint density at radius 3 is 3.07 bits per heavy atom. The molecule has 2 N–H and O–H groups in total. The van der Waals surface area contributed by atoms with Crippen molar-refractivity contribution in [2.75, 3.05) is 11.9 Å². The normalized spacial score (nSPS) is 14.5. The highest BCUT2D eigenvalue weighted by Gasteiger charge is 2.21. The van der Waals surface area contributed by atoms with Gasteiger partial charge in [-0.05, 0) is 37.8 Å². The second-order valence-corrected chi connectivity index (χ2v) is 7.82. The van der Waals surface area contributed by atoms with Crippen molar-refractivity contribution >= 4 is 22.9 Å². The molecule has 0 bridgehead atoms. The Bertz CT molecular complexity index is 966. The van der Waals surface area contributed by atoms with Crippen LogP contribution in [0.25, 0.3) is 10.7 Å². The molecule has 1 saturated carbocycles. The highest BCUT2D eigenvalue weighted by molar-refractivity contribution is 7.16. The largest absolute Gasteiger partial charge is 0.431 e. The molecule has 4 rings (SSSR count). The summed E-state index contributed by atoms with van der Waals surface area (Å²) in [6, 6.07) is 7.48. The molecule has 1 aliphatic carbocycles. The van der Waals surface area contributed by atoms with E-state index in [2.05, 4.69) is 25.8 Å². The predicted octanol–water partition coefficient (Wildman–Crippen LogP) is 4.00. The quantitative estimate of drug-likeness (QED) is 0.590. The smallest absolute Gasteiger partial charge is 0.279 e. The average molecular weight is 399 g/mol. The van der Waals surface area contributed by atoms with Gasteiger partial charge >= 0.3 is 0 Å². The van der Waals surface area contributed by atoms with Crippen molar-refractivity contribution in [3.63, 3.8) is 0 Å². The number of thiazole rings is 1. The number of rotatable bonds is 8. The summed E-state index contributed by atoms with van der Waals surface area (Å²) in [5.41, 5.74) is 1.04. The van der Waals surface area contributed by atoms with E-state index >= 15 is 0 Å². The topological polar surface area (TPSA) is 102 Å². The van der Waals surface area contributed by atoms with Crippen molar-refractivity contribution in [2.45, 2.75) is 32.7 Å². The van der Waals surface area contributed by atoms with Crippen molar-refractivity contribution in [1.29, 1.82) is 0 Å². The molecule has 1 unspecified atom stereocenters. The van der Waals surface area contributed by atoms with Crippen LogP contribution in [0.3, 0.4) is 0 Å². The molecular weight excluding hydrogens is 378 g/mol. The molecule has 8 nitrogen and oxygen atoms in total. The van der Waals surface area contributed by atoms with Gasteiger partial charge in [-0.15, -0.1) is 0 Å². The van der Waals surface area contributed by atoms with Gasteiger partial charge in [-0.1, -0.05) is 22.6 Å². The van der Waals surface area contributed by atoms with E-state index in [4.69, 9.17) is 9.26 Å². The zero-order valence-electron chi connectivity index (χ0n) is 15.6. The van der Waals surface area contributed by atoms with E-state index in [0.717, 1.165) is 28.8 Å². The van der Waals surface area contributed by atoms with Gasteiger partial charge in [-0.2, -0.15) is 4.98 Å². The summed E-state index contributed by atoms with van der Waals surface area (Å²) < 4.78 is 11.1. The molecule has 1 fully saturated rings. The fourth-order valence-electron chi connectivity index (χ4n) is 2.64. The minimum absolute atomic E-state index is 0.158. The number of hydrogen-bond donors (Lipinski definition) is 2. The lowest BCUT2D eigenvalue weighted by Crippen LogP contribution is -2.23. The van der Waals surface area contributed by atoms with Gasteiger partial charge in [-0.3, -0.25) is 4.79 Å². The zero-order valence-corrected chi connectivity index (χ0v) is 16.5. The maximum absolute atomic E-state index is 11.2. The number of hydrogen-bond acceptors (Lipinski definition) is 8. The minimum atomic E-state index is -0.353. The molecule has 2 heterocycles. The van der Waals surface area contributed by atoms with Gasteiger partial charge in [0, 0.05) is 25.2 Å². The first kappa shape index (κ1) is 18.4. The SMILES string of the molecule is CC(=O)NC(C)c1nc(-c2cnc(Oc3cccc(NCC4CC4)c3)s2)no1. The first-order chi connectivity index (χ1) is 13.6. The van der Waals surface area contributed by atoms with Crippen LogP contribution in [-0.4, -0.2) is 27.6 Å². The number of benzene rings is 1. The second-order valence-electron chi connectivity index (χ2n) is 6.82. The van der Waals surface area contributed by atoms with Gasteiger partial charge < -0.3 is 19.9 Å². The van der Waals surface area contributed by atoms with Crippen molar-refractivity contribution in [2.24, 2.45) is 5.92 Å². The average Bonchev–Trinajstić information content (AvgIpc) is 3.15. The third-order valence-electron chi connectivity index (χ3n) is 4.27. The number of carbonyl (C=O) groups excluding carboxylic acids is 1. The Morgan fingerprint density at radius 2 is 2.29 bits per heavy atom. The highest BCUT2D eigenvalue weighted by Crippen LogP contribution is 2.33. The lowest BCUT2D eigenvalue weighted by Gasteiger charge is -2.07. The number of ether oxygens (including phenoxy) is 1. The molecule has 0 radical (unpaired) electrons. The van der Waals surface area contributed by atoms with Crippen LogP contribution >= 0.6 is 11.3 Å². The summed E-state index contributed by atoms with van der Waals surface area (Å²) in [5.74, 6) is 2.12. The van der Waals surface area contributed by atoms with E-state index in [1.807, 2.05) is 24.3 Å². The third-order valence-corrected chi connectivity index (χ3v) is 5.14. The molecule has 2 aromatic heterocycles. The standard InChI is InChI=1S/C19H21N5O3S/c1-11(22-12(2)25)18-23-17(24-27-18)16-10-21-19(28-16)26-15-5-3-4-14(8-15)20-9-13-6-7-13/h3-5,8,10-11,13,20H,6-7,9H2,1-2H3,(H,22,25). The van der Waals surface area contributed by atoms with Crippen LogP contribution in [0.15, 0.2) is 35.0 Å². The maximum atomic E-state index is 11.2. The Labute approximate surface area is 166 Å². The van der Waals surface area contributed by atoms with Crippen LogP contribution in [0.5, 0.6) is 10.9 Å². The van der Waals surface area contributed by atoms with Crippen molar-refractivity contribution < 1.29 is 14.1 Å². The van der Waals surface area contributed by atoms with Crippen molar-refractivity contribution in [3.05, 3.63) is 36.4 Å². The summed E-state index contributed by atoms with van der Waals surface area (Å²) in [6.07, 6.45) is 4.27. The number of nitrogens with one attached hydrogen (secondary N) is 2. The number of nitrogens with zero attached hydrogens (tertiary/aromatic N) is 3. The summed E-state index contributed by atoms with van der Waals surface area (Å²) in [5, 5.41) is 10.6. The lowest BCUT2D eigenvalue weighted by atomic mass is 10.3. The van der Waals surface area contributed by atoms with Gasteiger partial charge in [0.1, 0.15) is 11.8 Å². The Hall–Kier alpha value is -2.94. The van der Waals surface area contributed by atoms with E-state index in [1.54, 1.807) is 13.1 Å². The fraction of sp³-hybridized carbons (Fsp3) is 0.368. The van der Waals surface area contributed by atoms with Crippen LogP contribution in [-0.2, 0) is 4.79 Å². The molecule has 9 heteroatoms. The molecule has 0 spiro atoms. The van der Waals surface area contributed by atoms with Crippen molar-refractivity contribution in [3.8, 4) is 21.6 Å². The fourth-order valence-corrected chi connectivity index (χ4v) is 3.35. The molecule has 146 valence electrons. The molecule has 1 aromatic carbocycles. The molecule has 0 saturated heterocycles. The number of anilines is 1. The van der Waals surface area contributed by atoms with Crippen LogP contribution in [0, 0.1) is 5.92 Å². The maximum Gasteiger partial charge on any atom is 0.279 e. The number of amides is 1. The highest BCUT2D eigenvalue weighted by atomic mass is 32.1. The lowest BCUT2D eigenvalue weighted by molar-refractivity contribution is -0.119. The minimum Gasteiger partial charge on any atom is -0.431 e. The van der Waals surface area contributed by atoms with Gasteiger partial charge in [0.25, 0.3) is 5.19 Å². The Morgan fingerprint density at radius 1 is 1.43 bits per heavy atom. The van der Waals surface area contributed by atoms with Crippen LogP contribution in [0.4, 0.5) is 5.69 Å². The molecule has 1 amide bonds. The first-order valence-corrected chi connectivity index (χ1v) is 9.97. The molecule has 28 heavy (non-hydrogen) atoms. The second kappa shape index (κ2) is 7.97. The van der Waals surface area contributed by atoms with Gasteiger partial charge in [-0.25, -0.2) is 4.98 Å². The van der Waals surface area contributed by atoms with E-state index in [9.17, 15) is 4.79 Å². The molecule has 3 aromatic rings. The summed E-state index contributed by atoms with van der Waals surface area (Å²) >= 11 is 1.33. The zero-order chi connectivity index (χ0) is 19.5. The molecule has 1 atom stereocenters. The monoisotopic (exact) mass is 399 g/mol.